The van der Waals surface area contributed by atoms with E-state index in [2.05, 4.69) is 14.7 Å². The molecule has 5 nitrogen and oxygen atoms in total. The lowest BCUT2D eigenvalue weighted by Gasteiger charge is -2.09. The van der Waals surface area contributed by atoms with E-state index in [0.717, 1.165) is 16.7 Å². The Morgan fingerprint density at radius 2 is 1.43 bits per heavy atom. The maximum Gasteiger partial charge on any atom is 0.261 e. The molecule has 116 valence electrons. The van der Waals surface area contributed by atoms with Crippen molar-refractivity contribution in [1.82, 2.24) is 9.97 Å². The van der Waals surface area contributed by atoms with Gasteiger partial charge in [0.1, 0.15) is 6.33 Å². The van der Waals surface area contributed by atoms with Crippen LogP contribution in [0.3, 0.4) is 0 Å². The summed E-state index contributed by atoms with van der Waals surface area (Å²) < 4.78 is 27.2. The molecule has 2 aromatic carbocycles. The van der Waals surface area contributed by atoms with Crippen LogP contribution in [0.4, 0.5) is 5.69 Å². The van der Waals surface area contributed by atoms with E-state index < -0.39 is 10.0 Å². The fourth-order valence-corrected chi connectivity index (χ4v) is 3.17. The fraction of sp³-hybridized carbons (Fsp3) is 0.0588. The number of hydrogen-bond acceptors (Lipinski definition) is 4. The zero-order valence-electron chi connectivity index (χ0n) is 12.5. The van der Waals surface area contributed by atoms with E-state index in [1.54, 1.807) is 48.8 Å². The van der Waals surface area contributed by atoms with E-state index >= 15 is 0 Å². The Labute approximate surface area is 135 Å². The fourth-order valence-electron chi connectivity index (χ4n) is 2.11. The van der Waals surface area contributed by atoms with Gasteiger partial charge in [0.25, 0.3) is 10.0 Å². The number of nitrogens with zero attached hydrogens (tertiary/aromatic N) is 2. The van der Waals surface area contributed by atoms with Crippen molar-refractivity contribution >= 4 is 15.7 Å². The molecule has 0 aliphatic rings. The predicted octanol–water partition coefficient (Wildman–Crippen LogP) is 3.25. The van der Waals surface area contributed by atoms with Crippen LogP contribution in [0.2, 0.25) is 0 Å². The Bertz CT molecular complexity index is 891. The lowest BCUT2D eigenvalue weighted by atomic mass is 10.1. The van der Waals surface area contributed by atoms with Crippen molar-refractivity contribution in [2.45, 2.75) is 11.8 Å². The number of benzene rings is 2. The number of hydrogen-bond donors (Lipinski definition) is 1. The van der Waals surface area contributed by atoms with E-state index in [0.29, 0.717) is 5.69 Å². The third kappa shape index (κ3) is 3.54. The molecule has 3 aromatic rings. The van der Waals surface area contributed by atoms with Crippen molar-refractivity contribution in [3.05, 3.63) is 72.8 Å². The summed E-state index contributed by atoms with van der Waals surface area (Å²) in [6.45, 7) is 1.91. The molecule has 6 heteroatoms. The minimum atomic E-state index is -3.58. The van der Waals surface area contributed by atoms with Gasteiger partial charge in [-0.1, -0.05) is 29.8 Å². The largest absolute Gasteiger partial charge is 0.280 e. The molecule has 0 fully saturated rings. The molecule has 0 aliphatic heterocycles. The molecule has 1 aromatic heterocycles. The minimum Gasteiger partial charge on any atom is -0.280 e. The second kappa shape index (κ2) is 6.18. The van der Waals surface area contributed by atoms with Crippen LogP contribution in [0, 0.1) is 6.92 Å². The Hall–Kier alpha value is -2.73. The molecule has 0 saturated heterocycles. The summed E-state index contributed by atoms with van der Waals surface area (Å²) in [5.41, 5.74) is 3.31. The van der Waals surface area contributed by atoms with E-state index in [1.807, 2.05) is 19.1 Å². The lowest BCUT2D eigenvalue weighted by molar-refractivity contribution is 0.601. The van der Waals surface area contributed by atoms with Gasteiger partial charge < -0.3 is 0 Å². The Kier molecular flexibility index (Phi) is 4.08. The van der Waals surface area contributed by atoms with Crippen LogP contribution >= 0.6 is 0 Å². The summed E-state index contributed by atoms with van der Waals surface area (Å²) in [6, 6.07) is 13.8. The van der Waals surface area contributed by atoms with Gasteiger partial charge >= 0.3 is 0 Å². The van der Waals surface area contributed by atoms with Crippen molar-refractivity contribution in [1.29, 1.82) is 0 Å². The normalized spacial score (nSPS) is 11.2. The van der Waals surface area contributed by atoms with Gasteiger partial charge in [0.05, 0.1) is 4.90 Å². The van der Waals surface area contributed by atoms with Crippen molar-refractivity contribution in [3.8, 4) is 11.1 Å². The number of nitrogens with one attached hydrogen (secondary N) is 1. The van der Waals surface area contributed by atoms with Crippen LogP contribution in [0.5, 0.6) is 0 Å². The molecule has 0 saturated carbocycles. The molecule has 0 atom stereocenters. The number of sulfonamides is 1. The third-order valence-electron chi connectivity index (χ3n) is 3.36. The second-order valence-corrected chi connectivity index (χ2v) is 6.81. The van der Waals surface area contributed by atoms with Gasteiger partial charge in [-0.3, -0.25) is 4.72 Å². The van der Waals surface area contributed by atoms with Crippen molar-refractivity contribution < 1.29 is 8.42 Å². The summed E-state index contributed by atoms with van der Waals surface area (Å²) >= 11 is 0. The van der Waals surface area contributed by atoms with E-state index in [4.69, 9.17) is 0 Å². The average molecular weight is 325 g/mol. The maximum absolute atomic E-state index is 12.3. The number of rotatable bonds is 4. The molecule has 0 aliphatic carbocycles. The second-order valence-electron chi connectivity index (χ2n) is 5.12. The first-order valence-corrected chi connectivity index (χ1v) is 8.48. The molecule has 0 radical (unpaired) electrons. The molecular formula is C17H15N3O2S. The highest BCUT2D eigenvalue weighted by atomic mass is 32.2. The van der Waals surface area contributed by atoms with E-state index in [1.165, 1.54) is 6.33 Å². The number of anilines is 1. The van der Waals surface area contributed by atoms with Crippen LogP contribution < -0.4 is 4.72 Å². The first-order chi connectivity index (χ1) is 11.0. The van der Waals surface area contributed by atoms with Crippen LogP contribution in [0.25, 0.3) is 11.1 Å². The molecule has 0 unspecified atom stereocenters. The van der Waals surface area contributed by atoms with Gasteiger partial charge in [-0.2, -0.15) is 0 Å². The Morgan fingerprint density at radius 1 is 0.826 bits per heavy atom. The van der Waals surface area contributed by atoms with Crippen molar-refractivity contribution in [3.63, 3.8) is 0 Å². The Morgan fingerprint density at radius 3 is 2.04 bits per heavy atom. The highest BCUT2D eigenvalue weighted by Crippen LogP contribution is 2.22. The zero-order chi connectivity index (χ0) is 16.3. The lowest BCUT2D eigenvalue weighted by Crippen LogP contribution is -2.12. The summed E-state index contributed by atoms with van der Waals surface area (Å²) in [5, 5.41) is 0. The minimum absolute atomic E-state index is 0.239. The SMILES string of the molecule is Cc1ccc(S(=O)(=O)Nc2ccc(-c3cncnc3)cc2)cc1. The smallest absolute Gasteiger partial charge is 0.261 e. The monoisotopic (exact) mass is 325 g/mol. The molecule has 0 bridgehead atoms. The Balaban J connectivity index is 1.82. The number of aromatic nitrogens is 2. The highest BCUT2D eigenvalue weighted by molar-refractivity contribution is 7.92. The summed E-state index contributed by atoms with van der Waals surface area (Å²) in [4.78, 5) is 8.17. The maximum atomic E-state index is 12.3. The van der Waals surface area contributed by atoms with E-state index in [-0.39, 0.29) is 4.90 Å². The van der Waals surface area contributed by atoms with Gasteiger partial charge in [0, 0.05) is 23.6 Å². The number of aryl methyl sites for hydroxylation is 1. The van der Waals surface area contributed by atoms with Crippen LogP contribution in [0.15, 0.2) is 72.1 Å². The molecule has 0 spiro atoms. The van der Waals surface area contributed by atoms with Gasteiger partial charge in [-0.15, -0.1) is 0 Å². The molecule has 23 heavy (non-hydrogen) atoms. The van der Waals surface area contributed by atoms with Gasteiger partial charge in [0.2, 0.25) is 0 Å². The van der Waals surface area contributed by atoms with Crippen molar-refractivity contribution in [2.75, 3.05) is 4.72 Å². The first kappa shape index (κ1) is 15.2. The quantitative estimate of drug-likeness (QED) is 0.799. The molecule has 3 rings (SSSR count). The molecular weight excluding hydrogens is 310 g/mol. The molecule has 0 amide bonds. The van der Waals surface area contributed by atoms with Crippen LogP contribution in [-0.4, -0.2) is 18.4 Å². The summed E-state index contributed by atoms with van der Waals surface area (Å²) in [7, 11) is -3.58. The predicted molar refractivity (Wildman–Crippen MR) is 89.5 cm³/mol. The first-order valence-electron chi connectivity index (χ1n) is 6.99. The van der Waals surface area contributed by atoms with Crippen LogP contribution in [-0.2, 0) is 10.0 Å². The topological polar surface area (TPSA) is 72.0 Å². The van der Waals surface area contributed by atoms with Gasteiger partial charge in [0.15, 0.2) is 0 Å². The standard InChI is InChI=1S/C17H15N3O2S/c1-13-2-8-17(9-3-13)23(21,22)20-16-6-4-14(5-7-16)15-10-18-12-19-11-15/h2-12,20H,1H3. The third-order valence-corrected chi connectivity index (χ3v) is 4.76. The highest BCUT2D eigenvalue weighted by Gasteiger charge is 2.13. The van der Waals surface area contributed by atoms with Gasteiger partial charge in [-0.25, -0.2) is 18.4 Å². The summed E-state index contributed by atoms with van der Waals surface area (Å²) in [5.74, 6) is 0. The van der Waals surface area contributed by atoms with Crippen molar-refractivity contribution in [2.24, 2.45) is 0 Å². The summed E-state index contributed by atoms with van der Waals surface area (Å²) in [6.07, 6.45) is 4.88. The van der Waals surface area contributed by atoms with E-state index in [9.17, 15) is 8.42 Å². The zero-order valence-corrected chi connectivity index (χ0v) is 13.3. The molecule has 1 heterocycles. The van der Waals surface area contributed by atoms with Gasteiger partial charge in [-0.05, 0) is 36.8 Å². The average Bonchev–Trinajstić information content (AvgIpc) is 2.56. The van der Waals surface area contributed by atoms with Crippen LogP contribution in [0.1, 0.15) is 5.56 Å². The molecule has 1 N–H and O–H groups in total.